The first kappa shape index (κ1) is 15.3. The number of hydrogen-bond acceptors (Lipinski definition) is 4. The Morgan fingerprint density at radius 3 is 2.67 bits per heavy atom. The van der Waals surface area contributed by atoms with Crippen LogP contribution in [0, 0.1) is 17.0 Å². The van der Waals surface area contributed by atoms with Crippen LogP contribution in [0.3, 0.4) is 0 Å². The van der Waals surface area contributed by atoms with Crippen molar-refractivity contribution in [1.29, 1.82) is 0 Å². The molecule has 0 bridgehead atoms. The van der Waals surface area contributed by atoms with Gasteiger partial charge in [-0.1, -0.05) is 15.9 Å². The van der Waals surface area contributed by atoms with Gasteiger partial charge in [-0.2, -0.15) is 0 Å². The van der Waals surface area contributed by atoms with Gasteiger partial charge in [0.2, 0.25) is 0 Å². The minimum absolute atomic E-state index is 0.0557. The van der Waals surface area contributed by atoms with Crippen molar-refractivity contribution in [2.45, 2.75) is 13.5 Å². The topological polar surface area (TPSA) is 64.4 Å². The number of benzene rings is 2. The van der Waals surface area contributed by atoms with E-state index in [0.29, 0.717) is 0 Å². The van der Waals surface area contributed by atoms with Gasteiger partial charge < -0.3 is 10.1 Å². The van der Waals surface area contributed by atoms with E-state index in [0.717, 1.165) is 27.0 Å². The highest BCUT2D eigenvalue weighted by Gasteiger charge is 2.11. The van der Waals surface area contributed by atoms with Crippen molar-refractivity contribution in [3.05, 3.63) is 62.1 Å². The van der Waals surface area contributed by atoms with E-state index in [1.165, 1.54) is 12.1 Å². The molecule has 0 aliphatic heterocycles. The highest BCUT2D eigenvalue weighted by molar-refractivity contribution is 9.10. The molecule has 0 atom stereocenters. The van der Waals surface area contributed by atoms with Crippen LogP contribution in [0.2, 0.25) is 0 Å². The lowest BCUT2D eigenvalue weighted by Gasteiger charge is -2.12. The fourth-order valence-electron chi connectivity index (χ4n) is 1.99. The lowest BCUT2D eigenvalue weighted by atomic mass is 10.1. The van der Waals surface area contributed by atoms with E-state index in [1.807, 2.05) is 25.1 Å². The third kappa shape index (κ3) is 3.72. The number of rotatable bonds is 5. The standard InChI is InChI=1S/C15H15BrN2O3/c1-10-7-12(16)3-6-15(10)21-9-11-8-13(18(19)20)4-5-14(11)17-2/h3-8,17H,9H2,1-2H3. The van der Waals surface area contributed by atoms with Crippen LogP contribution in [0.25, 0.3) is 0 Å². The molecule has 0 saturated heterocycles. The maximum atomic E-state index is 10.9. The summed E-state index contributed by atoms with van der Waals surface area (Å²) in [5, 5.41) is 13.9. The zero-order valence-electron chi connectivity index (χ0n) is 11.7. The molecule has 6 heteroatoms. The number of nitro benzene ring substituents is 1. The maximum absolute atomic E-state index is 10.9. The van der Waals surface area contributed by atoms with Gasteiger partial charge in [-0.05, 0) is 36.8 Å². The first-order valence-electron chi connectivity index (χ1n) is 6.35. The Hall–Kier alpha value is -2.08. The zero-order valence-corrected chi connectivity index (χ0v) is 13.3. The third-order valence-corrected chi connectivity index (χ3v) is 3.58. The summed E-state index contributed by atoms with van der Waals surface area (Å²) >= 11 is 3.40. The van der Waals surface area contributed by atoms with E-state index < -0.39 is 4.92 Å². The summed E-state index contributed by atoms with van der Waals surface area (Å²) in [5.41, 5.74) is 2.62. The highest BCUT2D eigenvalue weighted by Crippen LogP contribution is 2.26. The van der Waals surface area contributed by atoms with Crippen LogP contribution in [0.15, 0.2) is 40.9 Å². The molecule has 2 aromatic carbocycles. The van der Waals surface area contributed by atoms with Crippen molar-refractivity contribution in [1.82, 2.24) is 0 Å². The van der Waals surface area contributed by atoms with E-state index in [9.17, 15) is 10.1 Å². The number of anilines is 1. The maximum Gasteiger partial charge on any atom is 0.269 e. The number of nitrogens with zero attached hydrogens (tertiary/aromatic N) is 1. The van der Waals surface area contributed by atoms with Crippen molar-refractivity contribution >= 4 is 27.3 Å². The van der Waals surface area contributed by atoms with Gasteiger partial charge in [-0.25, -0.2) is 0 Å². The smallest absolute Gasteiger partial charge is 0.269 e. The average Bonchev–Trinajstić information content (AvgIpc) is 2.46. The van der Waals surface area contributed by atoms with Gasteiger partial charge in [0, 0.05) is 34.9 Å². The van der Waals surface area contributed by atoms with Gasteiger partial charge in [0.15, 0.2) is 0 Å². The summed E-state index contributed by atoms with van der Waals surface area (Å²) in [6.45, 7) is 2.22. The monoisotopic (exact) mass is 350 g/mol. The molecule has 0 fully saturated rings. The molecule has 1 N–H and O–H groups in total. The van der Waals surface area contributed by atoms with Gasteiger partial charge >= 0.3 is 0 Å². The van der Waals surface area contributed by atoms with E-state index in [1.54, 1.807) is 13.1 Å². The second kappa shape index (κ2) is 6.58. The Morgan fingerprint density at radius 2 is 2.05 bits per heavy atom. The van der Waals surface area contributed by atoms with E-state index in [4.69, 9.17) is 4.74 Å². The second-order valence-electron chi connectivity index (χ2n) is 4.55. The Bertz CT molecular complexity index is 674. The first-order chi connectivity index (χ1) is 10.0. The van der Waals surface area contributed by atoms with Crippen molar-refractivity contribution in [2.24, 2.45) is 0 Å². The fourth-order valence-corrected chi connectivity index (χ4v) is 2.46. The van der Waals surface area contributed by atoms with Crippen molar-refractivity contribution in [2.75, 3.05) is 12.4 Å². The molecular weight excluding hydrogens is 336 g/mol. The average molecular weight is 351 g/mol. The molecule has 0 radical (unpaired) electrons. The van der Waals surface area contributed by atoms with E-state index in [2.05, 4.69) is 21.2 Å². The summed E-state index contributed by atoms with van der Waals surface area (Å²) in [6.07, 6.45) is 0. The largest absolute Gasteiger partial charge is 0.489 e. The summed E-state index contributed by atoms with van der Waals surface area (Å²) < 4.78 is 6.76. The summed E-state index contributed by atoms with van der Waals surface area (Å²) in [4.78, 5) is 10.4. The van der Waals surface area contributed by atoms with Crippen LogP contribution in [-0.4, -0.2) is 12.0 Å². The number of hydrogen-bond donors (Lipinski definition) is 1. The number of halogens is 1. The Kier molecular flexibility index (Phi) is 4.80. The molecular formula is C15H15BrN2O3. The van der Waals surface area contributed by atoms with Gasteiger partial charge in [0.25, 0.3) is 5.69 Å². The lowest BCUT2D eigenvalue weighted by Crippen LogP contribution is -2.02. The van der Waals surface area contributed by atoms with E-state index in [-0.39, 0.29) is 12.3 Å². The number of nitrogens with one attached hydrogen (secondary N) is 1. The predicted molar refractivity (Wildman–Crippen MR) is 85.9 cm³/mol. The zero-order chi connectivity index (χ0) is 15.4. The fraction of sp³-hybridized carbons (Fsp3) is 0.200. The normalized spacial score (nSPS) is 10.2. The minimum Gasteiger partial charge on any atom is -0.489 e. The van der Waals surface area contributed by atoms with Crippen molar-refractivity contribution < 1.29 is 9.66 Å². The number of aryl methyl sites for hydroxylation is 1. The van der Waals surface area contributed by atoms with Gasteiger partial charge in [-0.3, -0.25) is 10.1 Å². The quantitative estimate of drug-likeness (QED) is 0.645. The van der Waals surface area contributed by atoms with Crippen LogP contribution >= 0.6 is 15.9 Å². The molecule has 0 spiro atoms. The minimum atomic E-state index is -0.409. The number of nitro groups is 1. The molecule has 0 aliphatic rings. The molecule has 0 aliphatic carbocycles. The molecule has 21 heavy (non-hydrogen) atoms. The molecule has 0 aromatic heterocycles. The van der Waals surface area contributed by atoms with Crippen molar-refractivity contribution in [3.63, 3.8) is 0 Å². The van der Waals surface area contributed by atoms with Gasteiger partial charge in [-0.15, -0.1) is 0 Å². The molecule has 0 amide bonds. The molecule has 2 rings (SSSR count). The summed E-state index contributed by atoms with van der Waals surface area (Å²) in [6, 6.07) is 10.4. The Labute approximate surface area is 131 Å². The van der Waals surface area contributed by atoms with Crippen LogP contribution in [0.4, 0.5) is 11.4 Å². The van der Waals surface area contributed by atoms with E-state index >= 15 is 0 Å². The summed E-state index contributed by atoms with van der Waals surface area (Å²) in [5.74, 6) is 0.756. The third-order valence-electron chi connectivity index (χ3n) is 3.09. The first-order valence-corrected chi connectivity index (χ1v) is 7.14. The molecule has 110 valence electrons. The Balaban J connectivity index is 2.22. The van der Waals surface area contributed by atoms with Crippen LogP contribution in [0.5, 0.6) is 5.75 Å². The molecule has 2 aromatic rings. The van der Waals surface area contributed by atoms with Crippen LogP contribution in [0.1, 0.15) is 11.1 Å². The molecule has 0 unspecified atom stereocenters. The van der Waals surface area contributed by atoms with Gasteiger partial charge in [0.1, 0.15) is 12.4 Å². The van der Waals surface area contributed by atoms with Gasteiger partial charge in [0.05, 0.1) is 4.92 Å². The molecule has 0 heterocycles. The number of ether oxygens (including phenoxy) is 1. The molecule has 0 saturated carbocycles. The SMILES string of the molecule is CNc1ccc([N+](=O)[O-])cc1COc1ccc(Br)cc1C. The molecule has 5 nitrogen and oxygen atoms in total. The van der Waals surface area contributed by atoms with Crippen LogP contribution in [-0.2, 0) is 6.61 Å². The summed E-state index contributed by atoms with van der Waals surface area (Å²) in [7, 11) is 1.77. The second-order valence-corrected chi connectivity index (χ2v) is 5.46. The highest BCUT2D eigenvalue weighted by atomic mass is 79.9. The van der Waals surface area contributed by atoms with Crippen molar-refractivity contribution in [3.8, 4) is 5.75 Å². The van der Waals surface area contributed by atoms with Crippen LogP contribution < -0.4 is 10.1 Å². The number of non-ortho nitro benzene ring substituents is 1. The predicted octanol–water partition coefficient (Wildman–Crippen LogP) is 4.29. The lowest BCUT2D eigenvalue weighted by molar-refractivity contribution is -0.384. The Morgan fingerprint density at radius 1 is 1.29 bits per heavy atom.